The molecule has 0 unspecified atom stereocenters. The molecule has 0 fully saturated rings. The van der Waals surface area contributed by atoms with Gasteiger partial charge in [-0.3, -0.25) is 9.59 Å². The zero-order chi connectivity index (χ0) is 22.5. The third-order valence-electron chi connectivity index (χ3n) is 4.68. The highest BCUT2D eigenvalue weighted by Crippen LogP contribution is 2.33. The number of benzene rings is 3. The molecule has 3 aromatic carbocycles. The lowest BCUT2D eigenvalue weighted by Crippen LogP contribution is -2.26. The van der Waals surface area contributed by atoms with Gasteiger partial charge >= 0.3 is 0 Å². The first kappa shape index (κ1) is 22.0. The fraction of sp³-hybridized carbons (Fsp3) is 0.160. The smallest absolute Gasteiger partial charge is 0.256 e. The van der Waals surface area contributed by atoms with Gasteiger partial charge in [-0.25, -0.2) is 4.98 Å². The third-order valence-corrected chi connectivity index (χ3v) is 6.79. The number of hydrogen-bond donors (Lipinski definition) is 2. The lowest BCUT2D eigenvalue weighted by Gasteiger charge is -2.11. The Labute approximate surface area is 195 Å². The quantitative estimate of drug-likeness (QED) is 0.332. The maximum absolute atomic E-state index is 13.0. The molecule has 5 nitrogen and oxygen atoms in total. The molecule has 0 saturated heterocycles. The van der Waals surface area contributed by atoms with Crippen molar-refractivity contribution in [1.29, 1.82) is 0 Å². The Bertz CT molecular complexity index is 1250. The first-order valence-corrected chi connectivity index (χ1v) is 12.0. The first-order valence-electron chi connectivity index (χ1n) is 10.3. The monoisotopic (exact) mass is 461 g/mol. The number of carbonyl (C=O) groups is 2. The number of aromatic nitrogens is 1. The van der Waals surface area contributed by atoms with Crippen molar-refractivity contribution in [3.8, 4) is 0 Å². The van der Waals surface area contributed by atoms with Gasteiger partial charge in [0.1, 0.15) is 0 Å². The Morgan fingerprint density at radius 1 is 0.938 bits per heavy atom. The highest BCUT2D eigenvalue weighted by atomic mass is 32.2. The molecule has 0 aliphatic heterocycles. The van der Waals surface area contributed by atoms with E-state index >= 15 is 0 Å². The van der Waals surface area contributed by atoms with Crippen LogP contribution in [0.5, 0.6) is 0 Å². The molecule has 0 aliphatic rings. The van der Waals surface area contributed by atoms with Gasteiger partial charge in [-0.15, -0.1) is 11.3 Å². The lowest BCUT2D eigenvalue weighted by molar-refractivity contribution is 0.0938. The average Bonchev–Trinajstić information content (AvgIpc) is 3.19. The molecule has 0 spiro atoms. The molecule has 0 atom stereocenters. The van der Waals surface area contributed by atoms with Crippen molar-refractivity contribution in [3.05, 3.63) is 89.5 Å². The molecular weight excluding hydrogens is 438 g/mol. The topological polar surface area (TPSA) is 71.1 Å². The third kappa shape index (κ3) is 5.36. The molecule has 0 saturated carbocycles. The number of rotatable bonds is 7. The van der Waals surface area contributed by atoms with Crippen LogP contribution >= 0.6 is 23.1 Å². The van der Waals surface area contributed by atoms with Gasteiger partial charge in [0.15, 0.2) is 4.34 Å². The fourth-order valence-corrected chi connectivity index (χ4v) is 5.51. The summed E-state index contributed by atoms with van der Waals surface area (Å²) in [6.45, 7) is 4.67. The Hall–Kier alpha value is -3.16. The molecule has 0 aliphatic carbocycles. The summed E-state index contributed by atoms with van der Waals surface area (Å²) >= 11 is 3.34. The summed E-state index contributed by atoms with van der Waals surface area (Å²) in [7, 11) is 0. The van der Waals surface area contributed by atoms with E-state index in [1.165, 1.54) is 0 Å². The molecule has 1 heterocycles. The molecule has 1 aromatic heterocycles. The summed E-state index contributed by atoms with van der Waals surface area (Å²) in [5.41, 5.74) is 3.26. The highest BCUT2D eigenvalue weighted by Gasteiger charge is 2.17. The van der Waals surface area contributed by atoms with E-state index in [2.05, 4.69) is 29.5 Å². The number of thioether (sulfide) groups is 1. The average molecular weight is 462 g/mol. The van der Waals surface area contributed by atoms with Crippen LogP contribution in [0.4, 0.5) is 5.69 Å². The first-order chi connectivity index (χ1) is 15.5. The van der Waals surface area contributed by atoms with Gasteiger partial charge in [-0.2, -0.15) is 0 Å². The fourth-order valence-electron chi connectivity index (χ4n) is 3.18. The second-order valence-electron chi connectivity index (χ2n) is 7.50. The van der Waals surface area contributed by atoms with Crippen LogP contribution in [-0.4, -0.2) is 22.0 Å². The molecule has 2 amide bonds. The lowest BCUT2D eigenvalue weighted by atomic mass is 10.1. The predicted molar refractivity (Wildman–Crippen MR) is 133 cm³/mol. The van der Waals surface area contributed by atoms with Gasteiger partial charge < -0.3 is 10.6 Å². The maximum Gasteiger partial charge on any atom is 0.256 e. The number of nitrogens with zero attached hydrogens (tertiary/aromatic N) is 1. The van der Waals surface area contributed by atoms with Crippen LogP contribution < -0.4 is 10.6 Å². The molecule has 7 heteroatoms. The van der Waals surface area contributed by atoms with Crippen LogP contribution in [0.2, 0.25) is 0 Å². The maximum atomic E-state index is 13.0. The molecule has 0 radical (unpaired) electrons. The van der Waals surface area contributed by atoms with E-state index in [1.807, 2.05) is 48.5 Å². The Balaban J connectivity index is 1.49. The minimum Gasteiger partial charge on any atom is -0.348 e. The van der Waals surface area contributed by atoms with E-state index in [0.717, 1.165) is 20.1 Å². The van der Waals surface area contributed by atoms with Gasteiger partial charge in [0.05, 0.1) is 21.3 Å². The van der Waals surface area contributed by atoms with E-state index in [4.69, 9.17) is 0 Å². The van der Waals surface area contributed by atoms with Crippen molar-refractivity contribution >= 4 is 50.8 Å². The molecule has 32 heavy (non-hydrogen) atoms. The largest absolute Gasteiger partial charge is 0.348 e. The predicted octanol–water partition coefficient (Wildman–Crippen LogP) is 5.98. The van der Waals surface area contributed by atoms with Crippen molar-refractivity contribution in [2.45, 2.75) is 30.0 Å². The molecule has 162 valence electrons. The highest BCUT2D eigenvalue weighted by molar-refractivity contribution is 8.01. The molecule has 4 aromatic rings. The number of fused-ring (bicyclic) bond motifs is 1. The summed E-state index contributed by atoms with van der Waals surface area (Å²) < 4.78 is 2.03. The summed E-state index contributed by atoms with van der Waals surface area (Å²) in [5, 5.41) is 6.27. The molecule has 0 bridgehead atoms. The number of anilines is 1. The van der Waals surface area contributed by atoms with Crippen LogP contribution in [0.25, 0.3) is 10.2 Å². The van der Waals surface area contributed by atoms with E-state index in [0.29, 0.717) is 28.6 Å². The standard InChI is InChI=1S/C25H23N3O2S2/c1-16(2)31-25-28-21-13-12-18(14-22(21)32-25)27-24(30)20-11-7-6-10-19(20)23(29)26-15-17-8-4-3-5-9-17/h3-14,16H,15H2,1-2H3,(H,26,29)(H,27,30). The van der Waals surface area contributed by atoms with E-state index in [9.17, 15) is 9.59 Å². The van der Waals surface area contributed by atoms with E-state index < -0.39 is 0 Å². The van der Waals surface area contributed by atoms with Crippen molar-refractivity contribution in [2.24, 2.45) is 0 Å². The minimum atomic E-state index is -0.323. The second kappa shape index (κ2) is 9.97. The molecule has 4 rings (SSSR count). The summed E-state index contributed by atoms with van der Waals surface area (Å²) in [6, 6.07) is 22.2. The summed E-state index contributed by atoms with van der Waals surface area (Å²) in [4.78, 5) is 30.4. The molecule has 2 N–H and O–H groups in total. The Morgan fingerprint density at radius 2 is 1.62 bits per heavy atom. The van der Waals surface area contributed by atoms with Gasteiger partial charge in [0.25, 0.3) is 11.8 Å². The van der Waals surface area contributed by atoms with Crippen LogP contribution in [0.1, 0.15) is 40.1 Å². The number of carbonyl (C=O) groups excluding carboxylic acids is 2. The molecular formula is C25H23N3O2S2. The van der Waals surface area contributed by atoms with Gasteiger partial charge in [0, 0.05) is 17.5 Å². The second-order valence-corrected chi connectivity index (χ2v) is 10.4. The number of amides is 2. The van der Waals surface area contributed by atoms with Gasteiger partial charge in [0.2, 0.25) is 0 Å². The number of thiazole rings is 1. The normalized spacial score (nSPS) is 11.0. The van der Waals surface area contributed by atoms with E-state index in [1.54, 1.807) is 47.4 Å². The zero-order valence-electron chi connectivity index (χ0n) is 17.8. The van der Waals surface area contributed by atoms with Crippen LogP contribution in [-0.2, 0) is 6.54 Å². The summed E-state index contributed by atoms with van der Waals surface area (Å²) in [5.74, 6) is -0.607. The van der Waals surface area contributed by atoms with Crippen molar-refractivity contribution in [2.75, 3.05) is 5.32 Å². The number of hydrogen-bond acceptors (Lipinski definition) is 5. The Kier molecular flexibility index (Phi) is 6.87. The minimum absolute atomic E-state index is 0.284. The van der Waals surface area contributed by atoms with Crippen LogP contribution in [0.15, 0.2) is 77.1 Å². The van der Waals surface area contributed by atoms with Crippen LogP contribution in [0, 0.1) is 0 Å². The van der Waals surface area contributed by atoms with Gasteiger partial charge in [-0.05, 0) is 35.9 Å². The van der Waals surface area contributed by atoms with Crippen molar-refractivity contribution in [3.63, 3.8) is 0 Å². The van der Waals surface area contributed by atoms with Gasteiger partial charge in [-0.1, -0.05) is 68.1 Å². The van der Waals surface area contributed by atoms with E-state index in [-0.39, 0.29) is 11.8 Å². The summed E-state index contributed by atoms with van der Waals surface area (Å²) in [6.07, 6.45) is 0. The Morgan fingerprint density at radius 3 is 2.34 bits per heavy atom. The SMILES string of the molecule is CC(C)Sc1nc2ccc(NC(=O)c3ccccc3C(=O)NCc3ccccc3)cc2s1. The van der Waals surface area contributed by atoms with Crippen molar-refractivity contribution < 1.29 is 9.59 Å². The number of nitrogens with one attached hydrogen (secondary N) is 2. The van der Waals surface area contributed by atoms with Crippen LogP contribution in [0.3, 0.4) is 0 Å². The zero-order valence-corrected chi connectivity index (χ0v) is 19.4. The van der Waals surface area contributed by atoms with Crippen molar-refractivity contribution in [1.82, 2.24) is 10.3 Å².